The van der Waals surface area contributed by atoms with Gasteiger partial charge in [0.05, 0.1) is 0 Å². The summed E-state index contributed by atoms with van der Waals surface area (Å²) in [7, 11) is 0. The molecule has 3 unspecified atom stereocenters. The van der Waals surface area contributed by atoms with Crippen molar-refractivity contribution in [3.8, 4) is 0 Å². The molecule has 0 aromatic heterocycles. The van der Waals surface area contributed by atoms with Crippen LogP contribution in [0.5, 0.6) is 0 Å². The summed E-state index contributed by atoms with van der Waals surface area (Å²) in [5.74, 6) is 2.71. The summed E-state index contributed by atoms with van der Waals surface area (Å²) in [4.78, 5) is 2.71. The quantitative estimate of drug-likeness (QED) is 0.813. The average Bonchev–Trinajstić information content (AvgIpc) is 2.55. The first-order chi connectivity index (χ1) is 8.16. The van der Waals surface area contributed by atoms with Crippen LogP contribution in [0.1, 0.15) is 46.5 Å². The fourth-order valence-electron chi connectivity index (χ4n) is 3.45. The van der Waals surface area contributed by atoms with Crippen LogP contribution in [-0.4, -0.2) is 37.1 Å². The molecule has 2 heterocycles. The molecule has 2 nitrogen and oxygen atoms in total. The van der Waals surface area contributed by atoms with Crippen molar-refractivity contribution in [3.05, 3.63) is 0 Å². The number of nitrogens with zero attached hydrogens (tertiary/aromatic N) is 1. The van der Waals surface area contributed by atoms with Crippen molar-refractivity contribution in [1.29, 1.82) is 0 Å². The van der Waals surface area contributed by atoms with Crippen molar-refractivity contribution < 1.29 is 0 Å². The molecule has 3 atom stereocenters. The Bertz CT molecular complexity index is 227. The van der Waals surface area contributed by atoms with Crippen molar-refractivity contribution in [1.82, 2.24) is 10.2 Å². The second-order valence-electron chi connectivity index (χ2n) is 6.56. The second-order valence-corrected chi connectivity index (χ2v) is 6.56. The lowest BCUT2D eigenvalue weighted by Gasteiger charge is -2.26. The molecular formula is C15H30N2. The predicted octanol–water partition coefficient (Wildman–Crippen LogP) is 2.74. The van der Waals surface area contributed by atoms with E-state index in [9.17, 15) is 0 Å². The van der Waals surface area contributed by atoms with Gasteiger partial charge in [0.1, 0.15) is 0 Å². The molecule has 0 spiro atoms. The Morgan fingerprint density at radius 2 is 2.00 bits per heavy atom. The van der Waals surface area contributed by atoms with Gasteiger partial charge in [-0.25, -0.2) is 0 Å². The number of hydrogen-bond donors (Lipinski definition) is 1. The minimum Gasteiger partial charge on any atom is -0.312 e. The van der Waals surface area contributed by atoms with Gasteiger partial charge < -0.3 is 10.2 Å². The summed E-state index contributed by atoms with van der Waals surface area (Å²) in [6.07, 6.45) is 5.64. The highest BCUT2D eigenvalue weighted by molar-refractivity contribution is 4.84. The molecule has 100 valence electrons. The van der Waals surface area contributed by atoms with Crippen molar-refractivity contribution in [3.63, 3.8) is 0 Å². The predicted molar refractivity (Wildman–Crippen MR) is 74.2 cm³/mol. The van der Waals surface area contributed by atoms with E-state index >= 15 is 0 Å². The minimum atomic E-state index is 0.755. The molecule has 2 heteroatoms. The third-order valence-corrected chi connectivity index (χ3v) is 4.96. The fraction of sp³-hybridized carbons (Fsp3) is 1.00. The summed E-state index contributed by atoms with van der Waals surface area (Å²) < 4.78 is 0. The summed E-state index contributed by atoms with van der Waals surface area (Å²) >= 11 is 0. The van der Waals surface area contributed by atoms with E-state index in [0.29, 0.717) is 0 Å². The molecule has 0 aliphatic carbocycles. The van der Waals surface area contributed by atoms with Gasteiger partial charge in [-0.15, -0.1) is 0 Å². The first-order valence-corrected chi connectivity index (χ1v) is 7.62. The third kappa shape index (κ3) is 3.69. The standard InChI is InChI=1S/C15H30N2/c1-12(2)14-5-4-9-17(10-7-14)11-15-13(3)6-8-16-15/h12-16H,4-11H2,1-3H3. The minimum absolute atomic E-state index is 0.755. The zero-order valence-corrected chi connectivity index (χ0v) is 11.9. The highest BCUT2D eigenvalue weighted by Gasteiger charge is 2.26. The van der Waals surface area contributed by atoms with Crippen LogP contribution in [0.15, 0.2) is 0 Å². The maximum absolute atomic E-state index is 3.67. The molecule has 1 N–H and O–H groups in total. The summed E-state index contributed by atoms with van der Waals surface area (Å²) in [5, 5.41) is 3.67. The van der Waals surface area contributed by atoms with Gasteiger partial charge in [-0.3, -0.25) is 0 Å². The Morgan fingerprint density at radius 1 is 1.18 bits per heavy atom. The van der Waals surface area contributed by atoms with Gasteiger partial charge in [0.15, 0.2) is 0 Å². The number of hydrogen-bond acceptors (Lipinski definition) is 2. The topological polar surface area (TPSA) is 15.3 Å². The van der Waals surface area contributed by atoms with E-state index in [4.69, 9.17) is 0 Å². The van der Waals surface area contributed by atoms with Gasteiger partial charge in [-0.2, -0.15) is 0 Å². The van der Waals surface area contributed by atoms with Gasteiger partial charge in [-0.1, -0.05) is 20.8 Å². The number of nitrogens with one attached hydrogen (secondary N) is 1. The Morgan fingerprint density at radius 3 is 2.65 bits per heavy atom. The molecule has 2 fully saturated rings. The van der Waals surface area contributed by atoms with Crippen LogP contribution in [0.2, 0.25) is 0 Å². The van der Waals surface area contributed by atoms with Gasteiger partial charge in [0, 0.05) is 12.6 Å². The Labute approximate surface area is 107 Å². The summed E-state index contributed by atoms with van der Waals surface area (Å²) in [6, 6.07) is 0.755. The van der Waals surface area contributed by atoms with Crippen molar-refractivity contribution in [2.75, 3.05) is 26.2 Å². The van der Waals surface area contributed by atoms with E-state index in [1.807, 2.05) is 0 Å². The van der Waals surface area contributed by atoms with E-state index in [0.717, 1.165) is 23.8 Å². The van der Waals surface area contributed by atoms with E-state index in [2.05, 4.69) is 31.0 Å². The van der Waals surface area contributed by atoms with Crippen LogP contribution in [0, 0.1) is 17.8 Å². The molecule has 2 aliphatic rings. The first-order valence-electron chi connectivity index (χ1n) is 7.62. The molecule has 2 aliphatic heterocycles. The number of likely N-dealkylation sites (tertiary alicyclic amines) is 1. The highest BCUT2D eigenvalue weighted by atomic mass is 15.2. The zero-order chi connectivity index (χ0) is 12.3. The van der Waals surface area contributed by atoms with Gasteiger partial charge in [0.25, 0.3) is 0 Å². The lowest BCUT2D eigenvalue weighted by molar-refractivity contribution is 0.235. The first kappa shape index (κ1) is 13.4. The van der Waals surface area contributed by atoms with Crippen LogP contribution in [-0.2, 0) is 0 Å². The zero-order valence-electron chi connectivity index (χ0n) is 11.9. The van der Waals surface area contributed by atoms with Crippen molar-refractivity contribution in [2.24, 2.45) is 17.8 Å². The molecule has 0 amide bonds. The van der Waals surface area contributed by atoms with E-state index in [1.165, 1.54) is 51.9 Å². The van der Waals surface area contributed by atoms with Gasteiger partial charge in [-0.05, 0) is 63.1 Å². The molecule has 2 saturated heterocycles. The molecule has 0 radical (unpaired) electrons. The van der Waals surface area contributed by atoms with Gasteiger partial charge >= 0.3 is 0 Å². The van der Waals surface area contributed by atoms with Crippen LogP contribution in [0.4, 0.5) is 0 Å². The molecule has 2 rings (SSSR count). The molecule has 0 saturated carbocycles. The fourth-order valence-corrected chi connectivity index (χ4v) is 3.45. The molecule has 0 aromatic carbocycles. The number of rotatable bonds is 3. The average molecular weight is 238 g/mol. The maximum atomic E-state index is 3.67. The van der Waals surface area contributed by atoms with Crippen LogP contribution in [0.25, 0.3) is 0 Å². The van der Waals surface area contributed by atoms with Crippen molar-refractivity contribution in [2.45, 2.75) is 52.5 Å². The van der Waals surface area contributed by atoms with Gasteiger partial charge in [0.2, 0.25) is 0 Å². The Hall–Kier alpha value is -0.0800. The third-order valence-electron chi connectivity index (χ3n) is 4.96. The van der Waals surface area contributed by atoms with E-state index < -0.39 is 0 Å². The molecule has 17 heavy (non-hydrogen) atoms. The summed E-state index contributed by atoms with van der Waals surface area (Å²) in [5.41, 5.74) is 0. The maximum Gasteiger partial charge on any atom is 0.0221 e. The Kier molecular flexibility index (Phi) is 4.87. The smallest absolute Gasteiger partial charge is 0.0221 e. The molecule has 0 bridgehead atoms. The SMILES string of the molecule is CC(C)C1CCCN(CC2NCCC2C)CC1. The van der Waals surface area contributed by atoms with E-state index in [1.54, 1.807) is 0 Å². The van der Waals surface area contributed by atoms with Crippen molar-refractivity contribution >= 4 is 0 Å². The van der Waals surface area contributed by atoms with E-state index in [-0.39, 0.29) is 0 Å². The summed E-state index contributed by atoms with van der Waals surface area (Å²) in [6.45, 7) is 12.4. The molecular weight excluding hydrogens is 208 g/mol. The lowest BCUT2D eigenvalue weighted by Crippen LogP contribution is -2.40. The highest BCUT2D eigenvalue weighted by Crippen LogP contribution is 2.25. The van der Waals surface area contributed by atoms with Crippen LogP contribution >= 0.6 is 0 Å². The monoisotopic (exact) mass is 238 g/mol. The second kappa shape index (κ2) is 6.19. The largest absolute Gasteiger partial charge is 0.312 e. The van der Waals surface area contributed by atoms with Crippen LogP contribution < -0.4 is 5.32 Å². The molecule has 0 aromatic rings. The lowest BCUT2D eigenvalue weighted by atomic mass is 9.89. The Balaban J connectivity index is 1.78. The normalized spacial score (nSPS) is 36.4. The van der Waals surface area contributed by atoms with Crippen LogP contribution in [0.3, 0.4) is 0 Å².